The van der Waals surface area contributed by atoms with Gasteiger partial charge in [0.1, 0.15) is 5.82 Å². The van der Waals surface area contributed by atoms with Crippen LogP contribution in [0.1, 0.15) is 42.7 Å². The van der Waals surface area contributed by atoms with E-state index in [0.29, 0.717) is 30.5 Å². The first-order chi connectivity index (χ1) is 16.9. The molecular weight excluding hydrogens is 467 g/mol. The molecule has 1 amide bonds. The molecule has 1 aromatic heterocycles. The molecule has 2 saturated heterocycles. The molecule has 6 nitrogen and oxygen atoms in total. The highest BCUT2D eigenvalue weighted by atomic mass is 35.5. The Morgan fingerprint density at radius 2 is 1.89 bits per heavy atom. The van der Waals surface area contributed by atoms with Crippen LogP contribution in [0.5, 0.6) is 0 Å². The fraction of sp³-hybridized carbons (Fsp3) is 0.407. The lowest BCUT2D eigenvalue weighted by molar-refractivity contribution is -0.0843. The van der Waals surface area contributed by atoms with Crippen LogP contribution in [0.25, 0.3) is 10.9 Å². The average molecular weight is 497 g/mol. The number of piperidine rings is 1. The maximum Gasteiger partial charge on any atom is 0.272 e. The Bertz CT molecular complexity index is 1240. The van der Waals surface area contributed by atoms with Gasteiger partial charge in [-0.25, -0.2) is 4.39 Å². The number of carbonyl (C=O) groups is 1. The minimum Gasteiger partial charge on any atom is -0.378 e. The van der Waals surface area contributed by atoms with Crippen molar-refractivity contribution >= 4 is 28.4 Å². The maximum absolute atomic E-state index is 13.4. The third-order valence-electron chi connectivity index (χ3n) is 6.89. The van der Waals surface area contributed by atoms with Gasteiger partial charge in [0.25, 0.3) is 5.91 Å². The first-order valence-electron chi connectivity index (χ1n) is 12.1. The van der Waals surface area contributed by atoms with Crippen molar-refractivity contribution in [2.45, 2.75) is 57.9 Å². The van der Waals surface area contributed by atoms with Crippen molar-refractivity contribution in [3.8, 4) is 0 Å². The van der Waals surface area contributed by atoms with E-state index in [1.807, 2.05) is 48.9 Å². The first kappa shape index (κ1) is 24.0. The van der Waals surface area contributed by atoms with Crippen LogP contribution in [0, 0.1) is 5.82 Å². The fourth-order valence-electron chi connectivity index (χ4n) is 5.15. The number of nitrogens with one attached hydrogen (secondary N) is 1. The number of ether oxygens (including phenoxy) is 1. The number of fused-ring (bicyclic) bond motifs is 3. The van der Waals surface area contributed by atoms with Crippen LogP contribution in [0.3, 0.4) is 0 Å². The van der Waals surface area contributed by atoms with Gasteiger partial charge in [-0.3, -0.25) is 14.4 Å². The predicted molar refractivity (Wildman–Crippen MR) is 135 cm³/mol. The molecule has 8 heteroatoms. The molecule has 0 saturated carbocycles. The summed E-state index contributed by atoms with van der Waals surface area (Å²) in [4.78, 5) is 15.8. The van der Waals surface area contributed by atoms with E-state index in [0.717, 1.165) is 35.9 Å². The molecule has 3 heterocycles. The number of allylic oxidation sites excluding steroid dienone is 2. The summed E-state index contributed by atoms with van der Waals surface area (Å²) in [5.74, 6) is -0.403. The molecule has 0 radical (unpaired) electrons. The molecule has 2 aliphatic heterocycles. The van der Waals surface area contributed by atoms with E-state index in [-0.39, 0.29) is 29.8 Å². The van der Waals surface area contributed by atoms with Gasteiger partial charge in [-0.05, 0) is 62.6 Å². The molecular formula is C27H30ClFN4O2. The van der Waals surface area contributed by atoms with Crippen LogP contribution in [0.4, 0.5) is 4.39 Å². The molecule has 0 spiro atoms. The number of benzene rings is 2. The summed E-state index contributed by atoms with van der Waals surface area (Å²) in [5.41, 5.74) is 3.56. The first-order valence-corrected chi connectivity index (χ1v) is 12.4. The van der Waals surface area contributed by atoms with Crippen molar-refractivity contribution in [2.24, 2.45) is 0 Å². The number of hydrogen-bond donors (Lipinski definition) is 1. The van der Waals surface area contributed by atoms with Crippen molar-refractivity contribution in [2.75, 3.05) is 13.2 Å². The van der Waals surface area contributed by atoms with Gasteiger partial charge >= 0.3 is 0 Å². The lowest BCUT2D eigenvalue weighted by Crippen LogP contribution is -2.60. The van der Waals surface area contributed by atoms with Crippen molar-refractivity contribution in [3.63, 3.8) is 0 Å². The Morgan fingerprint density at radius 3 is 2.57 bits per heavy atom. The maximum atomic E-state index is 13.4. The molecule has 2 bridgehead atoms. The van der Waals surface area contributed by atoms with Crippen LogP contribution in [-0.2, 0) is 17.8 Å². The number of hydrogen-bond acceptors (Lipinski definition) is 4. The van der Waals surface area contributed by atoms with Crippen molar-refractivity contribution in [3.05, 3.63) is 76.2 Å². The summed E-state index contributed by atoms with van der Waals surface area (Å²) in [6.45, 7) is 6.67. The van der Waals surface area contributed by atoms with Gasteiger partial charge in [0.05, 0.1) is 25.3 Å². The third-order valence-corrected chi connectivity index (χ3v) is 7.12. The van der Waals surface area contributed by atoms with Gasteiger partial charge < -0.3 is 10.1 Å². The zero-order chi connectivity index (χ0) is 24.5. The van der Waals surface area contributed by atoms with Gasteiger partial charge in [-0.2, -0.15) is 5.10 Å². The zero-order valence-corrected chi connectivity index (χ0v) is 20.8. The SMILES string of the molecule is CC(C)=CCn1nc(C(=O)NC2CC3COCC(C2)N3Cc2ccc(F)cc2)c2cc(Cl)ccc21. The van der Waals surface area contributed by atoms with E-state index in [2.05, 4.69) is 21.4 Å². The highest BCUT2D eigenvalue weighted by molar-refractivity contribution is 6.31. The summed E-state index contributed by atoms with van der Waals surface area (Å²) in [6, 6.07) is 12.6. The summed E-state index contributed by atoms with van der Waals surface area (Å²) in [7, 11) is 0. The minimum atomic E-state index is -0.226. The van der Waals surface area contributed by atoms with E-state index < -0.39 is 0 Å². The standard InChI is InChI=1S/C27H30ClFN4O2/c1-17(2)9-10-33-25-8-5-19(28)11-24(25)26(31-33)27(34)30-21-12-22-15-35-16-23(13-21)32(22)14-18-3-6-20(29)7-4-18/h3-9,11,21-23H,10,12-16H2,1-2H3,(H,30,34). The van der Waals surface area contributed by atoms with E-state index in [4.69, 9.17) is 16.3 Å². The Balaban J connectivity index is 1.32. The quantitative estimate of drug-likeness (QED) is 0.490. The molecule has 5 rings (SSSR count). The molecule has 3 aromatic rings. The Labute approximate surface area is 209 Å². The van der Waals surface area contributed by atoms with Gasteiger partial charge in [-0.15, -0.1) is 0 Å². The van der Waals surface area contributed by atoms with Crippen LogP contribution < -0.4 is 5.32 Å². The lowest BCUT2D eigenvalue weighted by Gasteiger charge is -2.48. The van der Waals surface area contributed by atoms with Crippen molar-refractivity contribution < 1.29 is 13.9 Å². The topological polar surface area (TPSA) is 59.4 Å². The molecule has 2 aromatic carbocycles. The Kier molecular flexibility index (Phi) is 6.91. The summed E-state index contributed by atoms with van der Waals surface area (Å²) in [6.07, 6.45) is 3.67. The van der Waals surface area contributed by atoms with Gasteiger partial charge in [-0.1, -0.05) is 35.4 Å². The van der Waals surface area contributed by atoms with Gasteiger partial charge in [0.15, 0.2) is 5.69 Å². The molecule has 2 atom stereocenters. The van der Waals surface area contributed by atoms with Crippen molar-refractivity contribution in [1.82, 2.24) is 20.0 Å². The number of amides is 1. The molecule has 2 fully saturated rings. The Morgan fingerprint density at radius 1 is 1.17 bits per heavy atom. The van der Waals surface area contributed by atoms with Crippen LogP contribution in [-0.4, -0.2) is 51.9 Å². The summed E-state index contributed by atoms with van der Waals surface area (Å²) in [5, 5.41) is 9.23. The number of rotatable bonds is 6. The highest BCUT2D eigenvalue weighted by Crippen LogP contribution is 2.30. The monoisotopic (exact) mass is 496 g/mol. The fourth-order valence-corrected chi connectivity index (χ4v) is 5.32. The van der Waals surface area contributed by atoms with E-state index >= 15 is 0 Å². The summed E-state index contributed by atoms with van der Waals surface area (Å²) < 4.78 is 21.0. The van der Waals surface area contributed by atoms with Gasteiger partial charge in [0.2, 0.25) is 0 Å². The number of nitrogens with zero attached hydrogens (tertiary/aromatic N) is 3. The molecule has 35 heavy (non-hydrogen) atoms. The number of carbonyl (C=O) groups excluding carboxylic acids is 1. The third kappa shape index (κ3) is 5.27. The second kappa shape index (κ2) is 10.1. The van der Waals surface area contributed by atoms with Gasteiger partial charge in [0, 0.05) is 35.1 Å². The predicted octanol–water partition coefficient (Wildman–Crippen LogP) is 4.96. The lowest BCUT2D eigenvalue weighted by atomic mass is 9.89. The highest BCUT2D eigenvalue weighted by Gasteiger charge is 2.39. The summed E-state index contributed by atoms with van der Waals surface area (Å²) >= 11 is 6.26. The largest absolute Gasteiger partial charge is 0.378 e. The molecule has 2 aliphatic rings. The minimum absolute atomic E-state index is 0.0306. The van der Waals surface area contributed by atoms with E-state index in [1.54, 1.807) is 0 Å². The molecule has 1 N–H and O–H groups in total. The van der Waals surface area contributed by atoms with Crippen LogP contribution >= 0.6 is 11.6 Å². The number of morpholine rings is 1. The second-order valence-corrected chi connectivity index (χ2v) is 10.2. The average Bonchev–Trinajstić information content (AvgIpc) is 3.17. The Hall–Kier alpha value is -2.74. The van der Waals surface area contributed by atoms with Crippen molar-refractivity contribution in [1.29, 1.82) is 0 Å². The van der Waals surface area contributed by atoms with E-state index in [9.17, 15) is 9.18 Å². The second-order valence-electron chi connectivity index (χ2n) is 9.76. The molecule has 184 valence electrons. The van der Waals surface area contributed by atoms with Crippen LogP contribution in [0.2, 0.25) is 5.02 Å². The molecule has 2 unspecified atom stereocenters. The number of aromatic nitrogens is 2. The normalized spacial score (nSPS) is 22.2. The van der Waals surface area contributed by atoms with E-state index in [1.165, 1.54) is 17.7 Å². The smallest absolute Gasteiger partial charge is 0.272 e. The zero-order valence-electron chi connectivity index (χ0n) is 20.0. The molecule has 0 aliphatic carbocycles. The van der Waals surface area contributed by atoms with Crippen LogP contribution in [0.15, 0.2) is 54.1 Å². The number of halogens is 2.